The zero-order valence-corrected chi connectivity index (χ0v) is 10.3. The number of rotatable bonds is 6. The molecule has 1 aliphatic carbocycles. The summed E-state index contributed by atoms with van der Waals surface area (Å²) >= 11 is 0. The molecule has 0 spiro atoms. The van der Waals surface area contributed by atoms with Crippen molar-refractivity contribution >= 4 is 0 Å². The number of hydrogen-bond donors (Lipinski definition) is 1. The van der Waals surface area contributed by atoms with Crippen LogP contribution >= 0.6 is 0 Å². The zero-order valence-electron chi connectivity index (χ0n) is 10.3. The Morgan fingerprint density at radius 2 is 2.00 bits per heavy atom. The van der Waals surface area contributed by atoms with Crippen molar-refractivity contribution in [1.29, 1.82) is 0 Å². The van der Waals surface area contributed by atoms with Crippen LogP contribution in [0.5, 0.6) is 0 Å². The van der Waals surface area contributed by atoms with Crippen molar-refractivity contribution in [3.8, 4) is 12.3 Å². The first-order valence-electron chi connectivity index (χ1n) is 6.46. The fourth-order valence-corrected chi connectivity index (χ4v) is 2.97. The van der Waals surface area contributed by atoms with Crippen LogP contribution in [0.2, 0.25) is 0 Å². The average Bonchev–Trinajstić information content (AvgIpc) is 2.74. The normalized spacial score (nSPS) is 21.1. The molecule has 1 heteroatoms. The molecule has 0 aliphatic heterocycles. The topological polar surface area (TPSA) is 12.0 Å². The minimum Gasteiger partial charge on any atom is -0.312 e. The van der Waals surface area contributed by atoms with E-state index in [0.29, 0.717) is 11.5 Å². The highest BCUT2D eigenvalue weighted by Gasteiger charge is 2.38. The summed E-state index contributed by atoms with van der Waals surface area (Å²) in [4.78, 5) is 0. The van der Waals surface area contributed by atoms with Crippen LogP contribution < -0.4 is 5.32 Å². The Morgan fingerprint density at radius 1 is 1.33 bits per heavy atom. The minimum atomic E-state index is 0.502. The van der Waals surface area contributed by atoms with E-state index in [9.17, 15) is 0 Å². The maximum Gasteiger partial charge on any atom is 0.0246 e. The summed E-state index contributed by atoms with van der Waals surface area (Å²) < 4.78 is 0. The average molecular weight is 207 g/mol. The van der Waals surface area contributed by atoms with Crippen LogP contribution in [-0.4, -0.2) is 12.6 Å². The predicted molar refractivity (Wildman–Crippen MR) is 66.7 cm³/mol. The van der Waals surface area contributed by atoms with Gasteiger partial charge < -0.3 is 5.32 Å². The molecule has 0 radical (unpaired) electrons. The molecule has 1 aliphatic rings. The summed E-state index contributed by atoms with van der Waals surface area (Å²) in [6.07, 6.45) is 14.4. The van der Waals surface area contributed by atoms with Gasteiger partial charge in [0.15, 0.2) is 0 Å². The quantitative estimate of drug-likeness (QED) is 0.659. The molecule has 0 amide bonds. The van der Waals surface area contributed by atoms with E-state index >= 15 is 0 Å². The van der Waals surface area contributed by atoms with Crippen molar-refractivity contribution in [1.82, 2.24) is 5.32 Å². The third kappa shape index (κ3) is 2.98. The summed E-state index contributed by atoms with van der Waals surface area (Å²) in [6.45, 7) is 5.64. The lowest BCUT2D eigenvalue weighted by Gasteiger charge is -2.36. The van der Waals surface area contributed by atoms with E-state index in [1.54, 1.807) is 0 Å². The second kappa shape index (κ2) is 6.18. The van der Waals surface area contributed by atoms with Gasteiger partial charge in [-0.25, -0.2) is 0 Å². The number of terminal acetylenes is 1. The van der Waals surface area contributed by atoms with Crippen LogP contribution in [0.15, 0.2) is 0 Å². The highest BCUT2D eigenvalue weighted by Crippen LogP contribution is 2.44. The maximum absolute atomic E-state index is 5.49. The molecule has 0 aromatic heterocycles. The van der Waals surface area contributed by atoms with Crippen molar-refractivity contribution in [3.05, 3.63) is 0 Å². The number of hydrogen-bond acceptors (Lipinski definition) is 1. The minimum absolute atomic E-state index is 0.502. The molecule has 1 atom stereocenters. The van der Waals surface area contributed by atoms with Gasteiger partial charge in [0.05, 0.1) is 0 Å². The smallest absolute Gasteiger partial charge is 0.0246 e. The van der Waals surface area contributed by atoms with E-state index in [0.717, 1.165) is 13.0 Å². The molecule has 1 N–H and O–H groups in total. The molecule has 1 unspecified atom stereocenters. The fourth-order valence-electron chi connectivity index (χ4n) is 2.97. The Hall–Kier alpha value is -0.480. The first-order valence-corrected chi connectivity index (χ1v) is 6.46. The van der Waals surface area contributed by atoms with Crippen molar-refractivity contribution in [2.24, 2.45) is 5.41 Å². The Morgan fingerprint density at radius 3 is 2.47 bits per heavy atom. The lowest BCUT2D eigenvalue weighted by molar-refractivity contribution is 0.188. The summed E-state index contributed by atoms with van der Waals surface area (Å²) in [7, 11) is 0. The highest BCUT2D eigenvalue weighted by atomic mass is 14.9. The van der Waals surface area contributed by atoms with Gasteiger partial charge in [-0.3, -0.25) is 0 Å². The maximum atomic E-state index is 5.49. The summed E-state index contributed by atoms with van der Waals surface area (Å²) in [5.41, 5.74) is 0.502. The van der Waals surface area contributed by atoms with Crippen LogP contribution in [0.4, 0.5) is 0 Å². The van der Waals surface area contributed by atoms with Gasteiger partial charge in [-0.05, 0) is 37.6 Å². The lowest BCUT2D eigenvalue weighted by Crippen LogP contribution is -2.43. The van der Waals surface area contributed by atoms with Crippen LogP contribution in [0.1, 0.15) is 58.8 Å². The van der Waals surface area contributed by atoms with Crippen LogP contribution in [0, 0.1) is 17.8 Å². The van der Waals surface area contributed by atoms with Gasteiger partial charge in [0, 0.05) is 12.5 Å². The van der Waals surface area contributed by atoms with Crippen molar-refractivity contribution in [3.63, 3.8) is 0 Å². The van der Waals surface area contributed by atoms with E-state index in [4.69, 9.17) is 6.42 Å². The van der Waals surface area contributed by atoms with Gasteiger partial charge in [-0.2, -0.15) is 0 Å². The Labute approximate surface area is 95.0 Å². The van der Waals surface area contributed by atoms with E-state index in [-0.39, 0.29) is 0 Å². The second-order valence-electron chi connectivity index (χ2n) is 4.84. The molecule has 1 nitrogen and oxygen atoms in total. The van der Waals surface area contributed by atoms with E-state index in [1.807, 2.05) is 0 Å². The Balaban J connectivity index is 2.62. The molecular weight excluding hydrogens is 182 g/mol. The van der Waals surface area contributed by atoms with Crippen LogP contribution in [0.3, 0.4) is 0 Å². The Bertz CT molecular complexity index is 208. The summed E-state index contributed by atoms with van der Waals surface area (Å²) in [5, 5.41) is 3.66. The third-order valence-electron chi connectivity index (χ3n) is 4.01. The molecule has 0 saturated heterocycles. The first kappa shape index (κ1) is 12.6. The van der Waals surface area contributed by atoms with E-state index in [1.165, 1.54) is 38.5 Å². The van der Waals surface area contributed by atoms with E-state index < -0.39 is 0 Å². The molecule has 1 fully saturated rings. The first-order chi connectivity index (χ1) is 7.29. The monoisotopic (exact) mass is 207 g/mol. The molecule has 86 valence electrons. The molecular formula is C14H25N. The van der Waals surface area contributed by atoms with Crippen molar-refractivity contribution in [2.75, 3.05) is 6.54 Å². The van der Waals surface area contributed by atoms with Gasteiger partial charge >= 0.3 is 0 Å². The molecule has 0 aromatic carbocycles. The fraction of sp³-hybridized carbons (Fsp3) is 0.857. The highest BCUT2D eigenvalue weighted by molar-refractivity contribution is 5.00. The van der Waals surface area contributed by atoms with Crippen molar-refractivity contribution < 1.29 is 0 Å². The Kier molecular flexibility index (Phi) is 5.19. The largest absolute Gasteiger partial charge is 0.312 e. The molecule has 1 saturated carbocycles. The van der Waals surface area contributed by atoms with Gasteiger partial charge in [0.25, 0.3) is 0 Å². The van der Waals surface area contributed by atoms with Gasteiger partial charge in [0.2, 0.25) is 0 Å². The summed E-state index contributed by atoms with van der Waals surface area (Å²) in [6, 6.07) is 0.551. The molecule has 0 aromatic rings. The second-order valence-corrected chi connectivity index (χ2v) is 4.84. The molecule has 0 heterocycles. The SMILES string of the molecule is C#CCC(NCCC)C1(CC)CCCC1. The van der Waals surface area contributed by atoms with Crippen LogP contribution in [-0.2, 0) is 0 Å². The summed E-state index contributed by atoms with van der Waals surface area (Å²) in [5.74, 6) is 2.85. The third-order valence-corrected chi connectivity index (χ3v) is 4.01. The zero-order chi connectivity index (χ0) is 11.1. The molecule has 1 rings (SSSR count). The van der Waals surface area contributed by atoms with E-state index in [2.05, 4.69) is 25.1 Å². The standard InChI is InChI=1S/C14H25N/c1-4-9-13(15-12-5-2)14(6-3)10-7-8-11-14/h1,13,15H,5-12H2,2-3H3. The van der Waals surface area contributed by atoms with Crippen molar-refractivity contribution in [2.45, 2.75) is 64.8 Å². The predicted octanol–water partition coefficient (Wildman–Crippen LogP) is 3.35. The lowest BCUT2D eigenvalue weighted by atomic mass is 9.75. The van der Waals surface area contributed by atoms with Crippen LogP contribution in [0.25, 0.3) is 0 Å². The van der Waals surface area contributed by atoms with Gasteiger partial charge in [-0.1, -0.05) is 26.7 Å². The molecule has 0 bridgehead atoms. The number of nitrogens with one attached hydrogen (secondary N) is 1. The van der Waals surface area contributed by atoms with Gasteiger partial charge in [-0.15, -0.1) is 12.3 Å². The molecule has 15 heavy (non-hydrogen) atoms. The van der Waals surface area contributed by atoms with Gasteiger partial charge in [0.1, 0.15) is 0 Å².